The molecule has 5 nitrogen and oxygen atoms in total. The van der Waals surface area contributed by atoms with Crippen LogP contribution in [0.3, 0.4) is 0 Å². The number of pyridine rings is 3. The zero-order valence-electron chi connectivity index (χ0n) is 18.5. The Hall–Kier alpha value is -3.54. The summed E-state index contributed by atoms with van der Waals surface area (Å²) >= 11 is 0. The molecule has 0 saturated heterocycles. The number of nitrogens with zero attached hydrogens (tertiary/aromatic N) is 3. The van der Waals surface area contributed by atoms with E-state index in [-0.39, 0.29) is 16.8 Å². The summed E-state index contributed by atoms with van der Waals surface area (Å²) in [4.78, 5) is 35.9. The Morgan fingerprint density at radius 2 is 1.77 bits per heavy atom. The van der Waals surface area contributed by atoms with Crippen molar-refractivity contribution >= 4 is 30.1 Å². The summed E-state index contributed by atoms with van der Waals surface area (Å²) in [6, 6.07) is 13.1. The maximum Gasteiger partial charge on any atom is 0.200 e. The topological polar surface area (TPSA) is 64.8 Å². The van der Waals surface area contributed by atoms with E-state index in [9.17, 15) is 9.59 Å². The van der Waals surface area contributed by atoms with Crippen molar-refractivity contribution < 1.29 is 4.79 Å². The molecule has 3 heterocycles. The lowest BCUT2D eigenvalue weighted by Crippen LogP contribution is -2.22. The Bertz CT molecular complexity index is 1410. The number of rotatable bonds is 4. The van der Waals surface area contributed by atoms with Gasteiger partial charge in [-0.05, 0) is 62.6 Å². The highest BCUT2D eigenvalue weighted by molar-refractivity contribution is 6.30. The molecule has 0 saturated carbocycles. The Labute approximate surface area is 182 Å². The molecular weight excluding hydrogens is 385 g/mol. The van der Waals surface area contributed by atoms with Crippen molar-refractivity contribution in [3.63, 3.8) is 0 Å². The van der Waals surface area contributed by atoms with Crippen LogP contribution in [0.25, 0.3) is 10.9 Å². The van der Waals surface area contributed by atoms with E-state index in [1.165, 1.54) is 0 Å². The van der Waals surface area contributed by atoms with Gasteiger partial charge in [-0.15, -0.1) is 0 Å². The van der Waals surface area contributed by atoms with Crippen LogP contribution in [0.1, 0.15) is 44.1 Å². The lowest BCUT2D eigenvalue weighted by Gasteiger charge is -2.15. The molecule has 3 aromatic heterocycles. The number of carbonyl (C=O) groups is 1. The average Bonchev–Trinajstić information content (AvgIpc) is 2.71. The van der Waals surface area contributed by atoms with Gasteiger partial charge in [-0.25, -0.2) is 0 Å². The zero-order chi connectivity index (χ0) is 22.3. The fourth-order valence-electron chi connectivity index (χ4n) is 3.97. The first-order chi connectivity index (χ1) is 14.7. The SMILES string of the molecule is Bc1cccc(Cn2cc(C(=O)c3ccc(C)c(C)c3)c(=O)c3cc(C)nc(C)c32)n1. The standard InChI is InChI=1S/C25H24BN3O2/c1-14-8-9-18(10-15(14)2)24(30)21-13-29(12-19-6-5-7-22(26)28-19)23-17(4)27-16(3)11-20(23)25(21)31/h5-11,13H,12,26H2,1-4H3. The molecule has 0 N–H and O–H groups in total. The number of hydrogen-bond donors (Lipinski definition) is 0. The normalized spacial score (nSPS) is 11.1. The minimum absolute atomic E-state index is 0.161. The van der Waals surface area contributed by atoms with Gasteiger partial charge in [0.05, 0.1) is 34.4 Å². The van der Waals surface area contributed by atoms with Crippen molar-refractivity contribution in [2.45, 2.75) is 34.2 Å². The van der Waals surface area contributed by atoms with Gasteiger partial charge >= 0.3 is 0 Å². The Kier molecular flexibility index (Phi) is 5.31. The molecule has 0 atom stereocenters. The van der Waals surface area contributed by atoms with Crippen LogP contribution < -0.4 is 11.0 Å². The van der Waals surface area contributed by atoms with Gasteiger partial charge in [0.15, 0.2) is 13.6 Å². The Morgan fingerprint density at radius 3 is 2.48 bits per heavy atom. The van der Waals surface area contributed by atoms with E-state index in [1.807, 2.05) is 70.4 Å². The summed E-state index contributed by atoms with van der Waals surface area (Å²) in [6.07, 6.45) is 1.66. The molecule has 4 aromatic rings. The van der Waals surface area contributed by atoms with Crippen molar-refractivity contribution in [3.8, 4) is 0 Å². The van der Waals surface area contributed by atoms with Crippen LogP contribution in [0.5, 0.6) is 0 Å². The van der Waals surface area contributed by atoms with E-state index < -0.39 is 0 Å². The quantitative estimate of drug-likeness (QED) is 0.384. The van der Waals surface area contributed by atoms with Gasteiger partial charge in [-0.1, -0.05) is 24.3 Å². The van der Waals surface area contributed by atoms with E-state index in [0.717, 1.165) is 39.3 Å². The van der Waals surface area contributed by atoms with E-state index in [2.05, 4.69) is 9.97 Å². The largest absolute Gasteiger partial charge is 0.339 e. The molecule has 0 aliphatic carbocycles. The minimum atomic E-state index is -0.270. The van der Waals surface area contributed by atoms with Crippen LogP contribution in [0.15, 0.2) is 53.5 Å². The second-order valence-electron chi connectivity index (χ2n) is 8.14. The summed E-state index contributed by atoms with van der Waals surface area (Å²) in [5.41, 5.74) is 6.55. The summed E-state index contributed by atoms with van der Waals surface area (Å²) in [5.74, 6) is -0.270. The molecule has 0 unspecified atom stereocenters. The fourth-order valence-corrected chi connectivity index (χ4v) is 3.97. The van der Waals surface area contributed by atoms with Crippen LogP contribution in [-0.4, -0.2) is 28.2 Å². The Balaban J connectivity index is 1.95. The van der Waals surface area contributed by atoms with E-state index >= 15 is 0 Å². The molecule has 0 amide bonds. The van der Waals surface area contributed by atoms with Gasteiger partial charge in [0.2, 0.25) is 5.43 Å². The first-order valence-corrected chi connectivity index (χ1v) is 10.3. The first-order valence-electron chi connectivity index (χ1n) is 10.3. The molecule has 0 fully saturated rings. The third-order valence-electron chi connectivity index (χ3n) is 5.65. The van der Waals surface area contributed by atoms with E-state index in [1.54, 1.807) is 18.3 Å². The van der Waals surface area contributed by atoms with Gasteiger partial charge in [0.25, 0.3) is 0 Å². The van der Waals surface area contributed by atoms with Gasteiger partial charge in [-0.2, -0.15) is 0 Å². The molecular formula is C25H24BN3O2. The molecule has 1 aromatic carbocycles. The summed E-state index contributed by atoms with van der Waals surface area (Å²) in [6.45, 7) is 8.15. The van der Waals surface area contributed by atoms with Crippen LogP contribution in [0, 0.1) is 27.7 Å². The maximum absolute atomic E-state index is 13.4. The number of aryl methyl sites for hydroxylation is 4. The minimum Gasteiger partial charge on any atom is -0.339 e. The number of benzene rings is 1. The molecule has 4 rings (SSSR count). The lowest BCUT2D eigenvalue weighted by atomic mass is 9.98. The van der Waals surface area contributed by atoms with Crippen molar-refractivity contribution in [2.24, 2.45) is 0 Å². The zero-order valence-corrected chi connectivity index (χ0v) is 18.5. The lowest BCUT2D eigenvalue weighted by molar-refractivity contribution is 0.103. The van der Waals surface area contributed by atoms with Crippen LogP contribution in [0.4, 0.5) is 0 Å². The third kappa shape index (κ3) is 3.93. The van der Waals surface area contributed by atoms with Crippen LogP contribution >= 0.6 is 0 Å². The monoisotopic (exact) mass is 409 g/mol. The van der Waals surface area contributed by atoms with Crippen molar-refractivity contribution in [2.75, 3.05) is 0 Å². The fraction of sp³-hybridized carbons (Fsp3) is 0.200. The molecule has 0 radical (unpaired) electrons. The van der Waals surface area contributed by atoms with E-state index in [0.29, 0.717) is 17.5 Å². The third-order valence-corrected chi connectivity index (χ3v) is 5.65. The molecule has 0 bridgehead atoms. The first kappa shape index (κ1) is 20.7. The van der Waals surface area contributed by atoms with Gasteiger partial charge < -0.3 is 4.57 Å². The van der Waals surface area contributed by atoms with E-state index in [4.69, 9.17) is 0 Å². The molecule has 0 aliphatic heterocycles. The number of carbonyl (C=O) groups excluding carboxylic acids is 1. The highest BCUT2D eigenvalue weighted by Gasteiger charge is 2.19. The number of aromatic nitrogens is 3. The van der Waals surface area contributed by atoms with Gasteiger partial charge in [0.1, 0.15) is 0 Å². The highest BCUT2D eigenvalue weighted by atomic mass is 16.1. The summed E-state index contributed by atoms with van der Waals surface area (Å²) < 4.78 is 1.93. The summed E-state index contributed by atoms with van der Waals surface area (Å²) in [5, 5.41) is 0.507. The molecule has 6 heteroatoms. The average molecular weight is 409 g/mol. The molecule has 0 spiro atoms. The maximum atomic E-state index is 13.4. The number of hydrogen-bond acceptors (Lipinski definition) is 4. The van der Waals surface area contributed by atoms with Crippen molar-refractivity contribution in [3.05, 3.63) is 98.2 Å². The van der Waals surface area contributed by atoms with Crippen molar-refractivity contribution in [1.82, 2.24) is 14.5 Å². The van der Waals surface area contributed by atoms with Crippen LogP contribution in [-0.2, 0) is 6.54 Å². The van der Waals surface area contributed by atoms with Gasteiger partial charge in [0, 0.05) is 17.5 Å². The number of ketones is 1. The predicted molar refractivity (Wildman–Crippen MR) is 126 cm³/mol. The van der Waals surface area contributed by atoms with Crippen molar-refractivity contribution in [1.29, 1.82) is 0 Å². The Morgan fingerprint density at radius 1 is 1.00 bits per heavy atom. The van der Waals surface area contributed by atoms with Gasteiger partial charge in [-0.3, -0.25) is 19.6 Å². The highest BCUT2D eigenvalue weighted by Crippen LogP contribution is 2.20. The summed E-state index contributed by atoms with van der Waals surface area (Å²) in [7, 11) is 1.94. The molecule has 154 valence electrons. The second-order valence-corrected chi connectivity index (χ2v) is 8.14. The molecule has 0 aliphatic rings. The second kappa shape index (κ2) is 7.95. The predicted octanol–water partition coefficient (Wildman–Crippen LogP) is 2.56. The van der Waals surface area contributed by atoms with Crippen LogP contribution in [0.2, 0.25) is 0 Å². The molecule has 31 heavy (non-hydrogen) atoms. The number of fused-ring (bicyclic) bond motifs is 1. The smallest absolute Gasteiger partial charge is 0.200 e.